The van der Waals surface area contributed by atoms with E-state index in [0.29, 0.717) is 32.4 Å². The summed E-state index contributed by atoms with van der Waals surface area (Å²) in [6.07, 6.45) is 1.78. The van der Waals surface area contributed by atoms with E-state index in [4.69, 9.17) is 5.14 Å². The van der Waals surface area contributed by atoms with Crippen molar-refractivity contribution in [2.24, 2.45) is 11.1 Å². The van der Waals surface area contributed by atoms with E-state index in [1.54, 1.807) is 36.4 Å². The lowest BCUT2D eigenvalue weighted by Gasteiger charge is -2.31. The van der Waals surface area contributed by atoms with E-state index in [0.717, 1.165) is 11.1 Å². The highest BCUT2D eigenvalue weighted by Gasteiger charge is 2.33. The Hall–Kier alpha value is -2.27. The number of aryl methyl sites for hydroxylation is 1. The molecule has 3 rings (SSSR count). The summed E-state index contributed by atoms with van der Waals surface area (Å²) in [7, 11) is -7.36. The lowest BCUT2D eigenvalue weighted by Crippen LogP contribution is -2.45. The zero-order valence-electron chi connectivity index (χ0n) is 17.3. The third-order valence-corrected chi connectivity index (χ3v) is 8.19. The van der Waals surface area contributed by atoms with Gasteiger partial charge in [-0.3, -0.25) is 4.79 Å². The van der Waals surface area contributed by atoms with Crippen molar-refractivity contribution in [1.82, 2.24) is 9.62 Å². The van der Waals surface area contributed by atoms with Gasteiger partial charge >= 0.3 is 0 Å². The first-order valence-electron chi connectivity index (χ1n) is 10.0. The summed E-state index contributed by atoms with van der Waals surface area (Å²) >= 11 is 0. The van der Waals surface area contributed by atoms with E-state index in [1.165, 1.54) is 16.4 Å². The van der Waals surface area contributed by atoms with Gasteiger partial charge in [-0.25, -0.2) is 22.0 Å². The molecule has 8 nitrogen and oxygen atoms in total. The van der Waals surface area contributed by atoms with E-state index in [1.807, 2.05) is 6.92 Å². The fraction of sp³-hybridized carbons (Fsp3) is 0.381. The number of benzene rings is 2. The fourth-order valence-corrected chi connectivity index (χ4v) is 5.59. The molecule has 1 fully saturated rings. The number of nitrogens with two attached hydrogens (primary N) is 1. The Morgan fingerprint density at radius 3 is 2.26 bits per heavy atom. The van der Waals surface area contributed by atoms with Crippen LogP contribution in [0.25, 0.3) is 0 Å². The zero-order valence-corrected chi connectivity index (χ0v) is 19.0. The van der Waals surface area contributed by atoms with Crippen molar-refractivity contribution in [2.75, 3.05) is 19.6 Å². The Kier molecular flexibility index (Phi) is 7.15. The number of nitrogens with zero attached hydrogens (tertiary/aromatic N) is 1. The van der Waals surface area contributed by atoms with Crippen LogP contribution in [0, 0.1) is 12.8 Å². The molecule has 3 N–H and O–H groups in total. The lowest BCUT2D eigenvalue weighted by molar-refractivity contribution is -0.126. The molecule has 0 aliphatic carbocycles. The maximum absolute atomic E-state index is 12.9. The van der Waals surface area contributed by atoms with Crippen LogP contribution >= 0.6 is 0 Å². The number of rotatable bonds is 7. The fourth-order valence-electron chi connectivity index (χ4n) is 3.55. The highest BCUT2D eigenvalue weighted by Crippen LogP contribution is 2.24. The second kappa shape index (κ2) is 9.47. The molecule has 1 aliphatic rings. The summed E-state index contributed by atoms with van der Waals surface area (Å²) in [5.41, 5.74) is 1.84. The van der Waals surface area contributed by atoms with Crippen LogP contribution in [-0.4, -0.2) is 46.7 Å². The predicted octanol–water partition coefficient (Wildman–Crippen LogP) is 1.40. The third-order valence-electron chi connectivity index (χ3n) is 5.38. The van der Waals surface area contributed by atoms with Gasteiger partial charge in [-0.05, 0) is 56.0 Å². The average molecular weight is 466 g/mol. The van der Waals surface area contributed by atoms with E-state index in [2.05, 4.69) is 5.32 Å². The number of carbonyl (C=O) groups excluding carboxylic acids is 1. The first kappa shape index (κ1) is 23.4. The zero-order chi connectivity index (χ0) is 22.6. The van der Waals surface area contributed by atoms with E-state index in [9.17, 15) is 21.6 Å². The Balaban J connectivity index is 1.55. The normalized spacial score (nSPS) is 17.9. The monoisotopic (exact) mass is 465 g/mol. The number of nitrogens with one attached hydrogen (secondary N) is 1. The first-order chi connectivity index (χ1) is 14.6. The van der Waals surface area contributed by atoms with Gasteiger partial charge in [0, 0.05) is 19.6 Å². The average Bonchev–Trinajstić information content (AvgIpc) is 2.74. The van der Waals surface area contributed by atoms with Crippen LogP contribution in [0.1, 0.15) is 24.0 Å². The van der Waals surface area contributed by atoms with Gasteiger partial charge in [0.05, 0.1) is 15.7 Å². The van der Waals surface area contributed by atoms with Crippen LogP contribution in [0.15, 0.2) is 58.3 Å². The van der Waals surface area contributed by atoms with Gasteiger partial charge in [0.25, 0.3) is 0 Å². The minimum atomic E-state index is -3.73. The van der Waals surface area contributed by atoms with Crippen molar-refractivity contribution in [3.8, 4) is 0 Å². The van der Waals surface area contributed by atoms with Crippen LogP contribution < -0.4 is 10.5 Å². The van der Waals surface area contributed by atoms with Crippen LogP contribution in [0.4, 0.5) is 0 Å². The molecule has 31 heavy (non-hydrogen) atoms. The van der Waals surface area contributed by atoms with Gasteiger partial charge in [0.2, 0.25) is 26.0 Å². The number of amides is 1. The quantitative estimate of drug-likeness (QED) is 0.639. The predicted molar refractivity (Wildman–Crippen MR) is 117 cm³/mol. The Labute approximate surface area is 183 Å². The SMILES string of the molecule is Cc1ccc(S(=O)(=O)N2CCC[C@@H](C(=O)NCCc3ccc(S(N)(=O)=O)cc3)C2)cc1. The molecule has 2 aromatic rings. The molecule has 168 valence electrons. The van der Waals surface area contributed by atoms with Gasteiger partial charge in [-0.1, -0.05) is 29.8 Å². The molecule has 1 heterocycles. The van der Waals surface area contributed by atoms with E-state index < -0.39 is 26.0 Å². The molecule has 1 saturated heterocycles. The maximum Gasteiger partial charge on any atom is 0.243 e. The topological polar surface area (TPSA) is 127 Å². The van der Waals surface area contributed by atoms with Crippen molar-refractivity contribution in [2.45, 2.75) is 36.0 Å². The standard InChI is InChI=1S/C21H27N3O5S2/c1-16-4-8-20(9-5-16)31(28,29)24-14-2-3-18(15-24)21(25)23-13-12-17-6-10-19(11-7-17)30(22,26)27/h4-11,18H,2-3,12-15H2,1H3,(H,23,25)(H2,22,26,27)/t18-/m1/s1. The van der Waals surface area contributed by atoms with Crippen LogP contribution in [0.3, 0.4) is 0 Å². The molecule has 1 atom stereocenters. The van der Waals surface area contributed by atoms with E-state index in [-0.39, 0.29) is 22.2 Å². The van der Waals surface area contributed by atoms with Gasteiger partial charge in [0.15, 0.2) is 0 Å². The maximum atomic E-state index is 12.9. The molecule has 10 heteroatoms. The van der Waals surface area contributed by atoms with Crippen LogP contribution in [0.5, 0.6) is 0 Å². The van der Waals surface area contributed by atoms with E-state index >= 15 is 0 Å². The molecule has 1 amide bonds. The lowest BCUT2D eigenvalue weighted by atomic mass is 9.99. The van der Waals surface area contributed by atoms with Crippen LogP contribution in [-0.2, 0) is 31.3 Å². The largest absolute Gasteiger partial charge is 0.355 e. The summed E-state index contributed by atoms with van der Waals surface area (Å²) in [5, 5.41) is 7.94. The van der Waals surface area contributed by atoms with Crippen LogP contribution in [0.2, 0.25) is 0 Å². The summed E-state index contributed by atoms with van der Waals surface area (Å²) in [4.78, 5) is 12.9. The van der Waals surface area contributed by atoms with Crippen molar-refractivity contribution in [3.63, 3.8) is 0 Å². The number of hydrogen-bond donors (Lipinski definition) is 2. The highest BCUT2D eigenvalue weighted by molar-refractivity contribution is 7.89. The number of sulfonamides is 2. The number of carbonyl (C=O) groups is 1. The Bertz CT molecular complexity index is 1130. The minimum Gasteiger partial charge on any atom is -0.355 e. The second-order valence-electron chi connectivity index (χ2n) is 7.75. The van der Waals surface area contributed by atoms with Gasteiger partial charge in [-0.2, -0.15) is 4.31 Å². The first-order valence-corrected chi connectivity index (χ1v) is 13.0. The molecular formula is C21H27N3O5S2. The molecule has 2 aromatic carbocycles. The van der Waals surface area contributed by atoms with Crippen molar-refractivity contribution >= 4 is 26.0 Å². The summed E-state index contributed by atoms with van der Waals surface area (Å²) < 4.78 is 49.8. The minimum absolute atomic E-state index is 0.0392. The van der Waals surface area contributed by atoms with Crippen molar-refractivity contribution in [3.05, 3.63) is 59.7 Å². The summed E-state index contributed by atoms with van der Waals surface area (Å²) in [6, 6.07) is 12.9. The summed E-state index contributed by atoms with van der Waals surface area (Å²) in [6.45, 7) is 2.82. The molecule has 1 aliphatic heterocycles. The highest BCUT2D eigenvalue weighted by atomic mass is 32.2. The summed E-state index contributed by atoms with van der Waals surface area (Å²) in [5.74, 6) is -0.580. The number of piperidine rings is 1. The smallest absolute Gasteiger partial charge is 0.243 e. The van der Waals surface area contributed by atoms with Gasteiger partial charge in [-0.15, -0.1) is 0 Å². The number of primary sulfonamides is 1. The molecule has 0 saturated carbocycles. The molecule has 0 bridgehead atoms. The Morgan fingerprint density at radius 1 is 1.03 bits per heavy atom. The third kappa shape index (κ3) is 5.91. The molecular weight excluding hydrogens is 438 g/mol. The molecule has 0 unspecified atom stereocenters. The number of hydrogen-bond acceptors (Lipinski definition) is 5. The Morgan fingerprint density at radius 2 is 1.65 bits per heavy atom. The van der Waals surface area contributed by atoms with Gasteiger partial charge < -0.3 is 5.32 Å². The molecule has 0 spiro atoms. The van der Waals surface area contributed by atoms with Crippen molar-refractivity contribution in [1.29, 1.82) is 0 Å². The molecule has 0 radical (unpaired) electrons. The van der Waals surface area contributed by atoms with Crippen molar-refractivity contribution < 1.29 is 21.6 Å². The second-order valence-corrected chi connectivity index (χ2v) is 11.2. The molecule has 0 aromatic heterocycles. The van der Waals surface area contributed by atoms with Gasteiger partial charge in [0.1, 0.15) is 0 Å².